The Hall–Kier alpha value is -3.24. The summed E-state index contributed by atoms with van der Waals surface area (Å²) in [4.78, 5) is 0. The highest BCUT2D eigenvalue weighted by molar-refractivity contribution is 5.91. The average Bonchev–Trinajstić information content (AvgIpc) is 2.77. The van der Waals surface area contributed by atoms with E-state index >= 15 is 0 Å². The first-order valence-corrected chi connectivity index (χ1v) is 9.19. The molecular formula is C24H20O4. The Morgan fingerprint density at radius 3 is 2.39 bits per heavy atom. The van der Waals surface area contributed by atoms with Crippen LogP contribution < -0.4 is 14.2 Å². The number of rotatable bonds is 3. The molecule has 0 aliphatic carbocycles. The van der Waals surface area contributed by atoms with Crippen molar-refractivity contribution >= 4 is 11.6 Å². The molecule has 4 heteroatoms. The topological polar surface area (TPSA) is 36.9 Å². The molecule has 2 aliphatic rings. The van der Waals surface area contributed by atoms with E-state index in [1.807, 2.05) is 54.6 Å². The van der Waals surface area contributed by atoms with Gasteiger partial charge in [-0.15, -0.1) is 0 Å². The van der Waals surface area contributed by atoms with Gasteiger partial charge in [-0.1, -0.05) is 24.3 Å². The molecule has 5 rings (SSSR count). The van der Waals surface area contributed by atoms with E-state index in [4.69, 9.17) is 18.9 Å². The number of hydrogen-bond donors (Lipinski definition) is 0. The second-order valence-electron chi connectivity index (χ2n) is 6.85. The van der Waals surface area contributed by atoms with Gasteiger partial charge in [0.25, 0.3) is 5.79 Å². The van der Waals surface area contributed by atoms with E-state index in [-0.39, 0.29) is 0 Å². The Bertz CT molecular complexity index is 1070. The lowest BCUT2D eigenvalue weighted by Gasteiger charge is -2.43. The maximum atomic E-state index is 6.57. The molecule has 0 saturated heterocycles. The summed E-state index contributed by atoms with van der Waals surface area (Å²) >= 11 is 0. The van der Waals surface area contributed by atoms with Crippen molar-refractivity contribution in [2.75, 3.05) is 14.2 Å². The molecule has 1 unspecified atom stereocenters. The van der Waals surface area contributed by atoms with Gasteiger partial charge in [-0.3, -0.25) is 0 Å². The zero-order chi connectivity index (χ0) is 19.1. The molecule has 0 N–H and O–H groups in total. The third-order valence-electron chi connectivity index (χ3n) is 5.34. The van der Waals surface area contributed by atoms with Gasteiger partial charge in [0, 0.05) is 22.8 Å². The van der Waals surface area contributed by atoms with Gasteiger partial charge in [0.1, 0.15) is 17.2 Å². The quantitative estimate of drug-likeness (QED) is 0.647. The third-order valence-corrected chi connectivity index (χ3v) is 5.34. The van der Waals surface area contributed by atoms with Crippen LogP contribution in [0.2, 0.25) is 0 Å². The summed E-state index contributed by atoms with van der Waals surface area (Å²) in [5.41, 5.74) is 5.21. The van der Waals surface area contributed by atoms with Crippen LogP contribution in [0.3, 0.4) is 0 Å². The van der Waals surface area contributed by atoms with Crippen molar-refractivity contribution in [1.82, 2.24) is 0 Å². The van der Waals surface area contributed by atoms with Crippen molar-refractivity contribution in [3.8, 4) is 17.2 Å². The first-order chi connectivity index (χ1) is 13.7. The minimum Gasteiger partial charge on any atom is -0.497 e. The smallest absolute Gasteiger partial charge is 0.265 e. The highest BCUT2D eigenvalue weighted by Gasteiger charge is 2.47. The Kier molecular flexibility index (Phi) is 3.88. The van der Waals surface area contributed by atoms with Crippen molar-refractivity contribution < 1.29 is 18.9 Å². The average molecular weight is 372 g/mol. The summed E-state index contributed by atoms with van der Waals surface area (Å²) in [6.45, 7) is 0.471. The molecule has 0 amide bonds. The fourth-order valence-electron chi connectivity index (χ4n) is 3.87. The van der Waals surface area contributed by atoms with Gasteiger partial charge in [-0.05, 0) is 53.6 Å². The van der Waals surface area contributed by atoms with Crippen LogP contribution in [0, 0.1) is 0 Å². The van der Waals surface area contributed by atoms with E-state index in [0.29, 0.717) is 6.61 Å². The Morgan fingerprint density at radius 1 is 0.857 bits per heavy atom. The van der Waals surface area contributed by atoms with Crippen LogP contribution in [0.15, 0.2) is 66.7 Å². The van der Waals surface area contributed by atoms with Gasteiger partial charge in [0.2, 0.25) is 0 Å². The van der Waals surface area contributed by atoms with E-state index in [2.05, 4.69) is 18.2 Å². The normalized spacial score (nSPS) is 19.4. The molecule has 3 aromatic rings. The molecule has 0 spiro atoms. The molecular weight excluding hydrogens is 352 g/mol. The van der Waals surface area contributed by atoms with Crippen LogP contribution in [0.5, 0.6) is 17.2 Å². The van der Waals surface area contributed by atoms with Crippen LogP contribution in [0.1, 0.15) is 22.3 Å². The van der Waals surface area contributed by atoms with E-state index in [1.165, 1.54) is 0 Å². The zero-order valence-electron chi connectivity index (χ0n) is 15.8. The monoisotopic (exact) mass is 372 g/mol. The molecule has 2 aliphatic heterocycles. The van der Waals surface area contributed by atoms with Crippen molar-refractivity contribution in [2.45, 2.75) is 12.4 Å². The molecule has 28 heavy (non-hydrogen) atoms. The van der Waals surface area contributed by atoms with Crippen molar-refractivity contribution in [2.24, 2.45) is 0 Å². The van der Waals surface area contributed by atoms with Gasteiger partial charge in [-0.25, -0.2) is 0 Å². The highest BCUT2D eigenvalue weighted by atomic mass is 16.7. The van der Waals surface area contributed by atoms with E-state index in [9.17, 15) is 0 Å². The fraction of sp³-hybridized carbons (Fsp3) is 0.167. The molecule has 0 radical (unpaired) electrons. The largest absolute Gasteiger partial charge is 0.497 e. The van der Waals surface area contributed by atoms with Crippen LogP contribution in [-0.2, 0) is 17.1 Å². The molecule has 140 valence electrons. The maximum absolute atomic E-state index is 6.57. The lowest BCUT2D eigenvalue weighted by molar-refractivity contribution is -0.160. The van der Waals surface area contributed by atoms with Crippen molar-refractivity contribution in [3.05, 3.63) is 89.0 Å². The number of hydrogen-bond acceptors (Lipinski definition) is 4. The summed E-state index contributed by atoms with van der Waals surface area (Å²) < 4.78 is 23.7. The first kappa shape index (κ1) is 16.9. The lowest BCUT2D eigenvalue weighted by atomic mass is 9.84. The van der Waals surface area contributed by atoms with E-state index < -0.39 is 5.79 Å². The van der Waals surface area contributed by atoms with Crippen LogP contribution in [-0.4, -0.2) is 14.2 Å². The number of benzene rings is 3. The number of methoxy groups -OCH3 is 2. The van der Waals surface area contributed by atoms with Gasteiger partial charge < -0.3 is 18.9 Å². The molecule has 0 fully saturated rings. The molecule has 0 bridgehead atoms. The minimum atomic E-state index is -1.01. The van der Waals surface area contributed by atoms with E-state index in [1.54, 1.807) is 14.2 Å². The third kappa shape index (κ3) is 2.49. The summed E-state index contributed by atoms with van der Waals surface area (Å²) in [5.74, 6) is 1.26. The summed E-state index contributed by atoms with van der Waals surface area (Å²) in [6.07, 6.45) is 2.15. The summed E-state index contributed by atoms with van der Waals surface area (Å²) in [5, 5.41) is 0. The van der Waals surface area contributed by atoms with Gasteiger partial charge in [0.15, 0.2) is 0 Å². The second-order valence-corrected chi connectivity index (χ2v) is 6.85. The van der Waals surface area contributed by atoms with E-state index in [0.717, 1.165) is 45.1 Å². The van der Waals surface area contributed by atoms with Crippen molar-refractivity contribution in [3.63, 3.8) is 0 Å². The molecule has 1 atom stereocenters. The Morgan fingerprint density at radius 2 is 1.61 bits per heavy atom. The van der Waals surface area contributed by atoms with Crippen LogP contribution in [0.4, 0.5) is 0 Å². The molecule has 3 aromatic carbocycles. The standard InChI is InChI=1S/C24H20O4/c1-25-19-11-8-18(9-12-19)24-22(21-6-4-3-5-17(21)15-27-24)13-16-7-10-20(26-2)14-23(16)28-24/h3-14H,15H2,1-2H3. The second kappa shape index (κ2) is 6.43. The summed E-state index contributed by atoms with van der Waals surface area (Å²) in [7, 11) is 3.31. The zero-order valence-corrected chi connectivity index (χ0v) is 15.8. The lowest BCUT2D eigenvalue weighted by Crippen LogP contribution is -2.42. The molecule has 4 nitrogen and oxygen atoms in total. The van der Waals surface area contributed by atoms with Crippen LogP contribution >= 0.6 is 0 Å². The predicted molar refractivity (Wildman–Crippen MR) is 107 cm³/mol. The maximum Gasteiger partial charge on any atom is 0.265 e. The predicted octanol–water partition coefficient (Wildman–Crippen LogP) is 5.02. The van der Waals surface area contributed by atoms with Crippen LogP contribution in [0.25, 0.3) is 11.6 Å². The molecule has 0 saturated carbocycles. The first-order valence-electron chi connectivity index (χ1n) is 9.19. The minimum absolute atomic E-state index is 0.471. The molecule has 2 heterocycles. The number of fused-ring (bicyclic) bond motifs is 4. The fourth-order valence-corrected chi connectivity index (χ4v) is 3.87. The number of ether oxygens (including phenoxy) is 4. The van der Waals surface area contributed by atoms with Crippen molar-refractivity contribution in [1.29, 1.82) is 0 Å². The van der Waals surface area contributed by atoms with Gasteiger partial charge in [0.05, 0.1) is 20.8 Å². The Balaban J connectivity index is 1.73. The highest BCUT2D eigenvalue weighted by Crippen LogP contribution is 2.51. The SMILES string of the molecule is COc1ccc(C23OCc4ccccc4C2=Cc2ccc(OC)cc2O3)cc1. The van der Waals surface area contributed by atoms with Gasteiger partial charge >= 0.3 is 0 Å². The molecule has 0 aromatic heterocycles. The van der Waals surface area contributed by atoms with Gasteiger partial charge in [-0.2, -0.15) is 0 Å². The Labute approximate surface area is 163 Å². The summed E-state index contributed by atoms with van der Waals surface area (Å²) in [6, 6.07) is 22.0.